The van der Waals surface area contributed by atoms with E-state index in [2.05, 4.69) is 36.1 Å². The van der Waals surface area contributed by atoms with Crippen LogP contribution < -0.4 is 4.90 Å². The van der Waals surface area contributed by atoms with Crippen LogP contribution in [0.4, 0.5) is 5.69 Å². The molecule has 1 atom stereocenters. The molecule has 2 rings (SSSR count). The van der Waals surface area contributed by atoms with Crippen LogP contribution in [0.2, 0.25) is 0 Å². The summed E-state index contributed by atoms with van der Waals surface area (Å²) in [6.45, 7) is 4.57. The van der Waals surface area contributed by atoms with Crippen molar-refractivity contribution in [2.75, 3.05) is 18.0 Å². The van der Waals surface area contributed by atoms with Gasteiger partial charge in [-0.15, -0.1) is 0 Å². The predicted octanol–water partition coefficient (Wildman–Crippen LogP) is 2.94. The first-order valence-corrected chi connectivity index (χ1v) is 6.71. The van der Waals surface area contributed by atoms with E-state index >= 15 is 0 Å². The van der Waals surface area contributed by atoms with Gasteiger partial charge in [0.25, 0.3) is 0 Å². The van der Waals surface area contributed by atoms with Crippen molar-refractivity contribution in [1.82, 2.24) is 0 Å². The Bertz CT molecular complexity index is 399. The van der Waals surface area contributed by atoms with E-state index in [4.69, 9.17) is 5.11 Å². The maximum Gasteiger partial charge on any atom is 0.303 e. The lowest BCUT2D eigenvalue weighted by Gasteiger charge is -2.32. The lowest BCUT2D eigenvalue weighted by molar-refractivity contribution is -0.136. The van der Waals surface area contributed by atoms with Crippen LogP contribution in [0, 0.1) is 5.92 Å². The van der Waals surface area contributed by atoms with Crippen molar-refractivity contribution in [3.63, 3.8) is 0 Å². The molecule has 1 N–H and O–H groups in total. The number of carboxylic acids is 1. The van der Waals surface area contributed by atoms with E-state index in [9.17, 15) is 4.79 Å². The lowest BCUT2D eigenvalue weighted by atomic mass is 9.99. The number of carboxylic acid groups (broad SMARTS) is 1. The van der Waals surface area contributed by atoms with Crippen molar-refractivity contribution >= 4 is 11.7 Å². The third-order valence-electron chi connectivity index (χ3n) is 3.59. The minimum Gasteiger partial charge on any atom is -0.481 e. The molecule has 98 valence electrons. The summed E-state index contributed by atoms with van der Waals surface area (Å²) < 4.78 is 0. The van der Waals surface area contributed by atoms with Crippen molar-refractivity contribution in [1.29, 1.82) is 0 Å². The molecule has 1 aromatic rings. The Balaban J connectivity index is 1.96. The monoisotopic (exact) mass is 247 g/mol. The number of carbonyl (C=O) groups is 1. The van der Waals surface area contributed by atoms with E-state index in [1.54, 1.807) is 0 Å². The largest absolute Gasteiger partial charge is 0.481 e. The molecule has 1 aliphatic rings. The molecule has 1 aliphatic heterocycles. The van der Waals surface area contributed by atoms with E-state index in [1.165, 1.54) is 18.5 Å². The highest BCUT2D eigenvalue weighted by atomic mass is 16.4. The summed E-state index contributed by atoms with van der Waals surface area (Å²) in [4.78, 5) is 12.9. The van der Waals surface area contributed by atoms with Gasteiger partial charge in [-0.1, -0.05) is 19.1 Å². The fourth-order valence-corrected chi connectivity index (χ4v) is 2.55. The first-order valence-electron chi connectivity index (χ1n) is 6.71. The van der Waals surface area contributed by atoms with Gasteiger partial charge in [-0.2, -0.15) is 0 Å². The van der Waals surface area contributed by atoms with Gasteiger partial charge in [0.05, 0.1) is 0 Å². The Hall–Kier alpha value is -1.51. The zero-order valence-electron chi connectivity index (χ0n) is 10.9. The molecular weight excluding hydrogens is 226 g/mol. The summed E-state index contributed by atoms with van der Waals surface area (Å²) in [5, 5.41) is 8.65. The quantitative estimate of drug-likeness (QED) is 0.889. The molecule has 0 spiro atoms. The second kappa shape index (κ2) is 5.89. The molecular formula is C15H21NO2. The summed E-state index contributed by atoms with van der Waals surface area (Å²) in [5.74, 6) is 0.0365. The Morgan fingerprint density at radius 1 is 1.39 bits per heavy atom. The summed E-state index contributed by atoms with van der Waals surface area (Å²) >= 11 is 0. The molecule has 0 aromatic heterocycles. The summed E-state index contributed by atoms with van der Waals surface area (Å²) in [6, 6.07) is 8.35. The van der Waals surface area contributed by atoms with Crippen molar-refractivity contribution in [2.45, 2.75) is 32.6 Å². The lowest BCUT2D eigenvalue weighted by Crippen LogP contribution is -2.34. The first kappa shape index (κ1) is 12.9. The highest BCUT2D eigenvalue weighted by Gasteiger charge is 2.16. The smallest absolute Gasteiger partial charge is 0.303 e. The number of rotatable bonds is 4. The summed E-state index contributed by atoms with van der Waals surface area (Å²) in [6.07, 6.45) is 3.42. The van der Waals surface area contributed by atoms with Crippen LogP contribution in [0.1, 0.15) is 31.7 Å². The van der Waals surface area contributed by atoms with Crippen LogP contribution in [0.15, 0.2) is 24.3 Å². The van der Waals surface area contributed by atoms with Crippen LogP contribution in [0.3, 0.4) is 0 Å². The molecule has 1 heterocycles. The minimum atomic E-state index is -0.732. The highest BCUT2D eigenvalue weighted by molar-refractivity contribution is 5.67. The molecule has 0 aliphatic carbocycles. The van der Waals surface area contributed by atoms with Gasteiger partial charge < -0.3 is 10.0 Å². The van der Waals surface area contributed by atoms with Gasteiger partial charge in [0.15, 0.2) is 0 Å². The fraction of sp³-hybridized carbons (Fsp3) is 0.533. The molecule has 1 aromatic carbocycles. The molecule has 0 saturated carbocycles. The normalized spacial score (nSPS) is 19.8. The minimum absolute atomic E-state index is 0.208. The summed E-state index contributed by atoms with van der Waals surface area (Å²) in [7, 11) is 0. The van der Waals surface area contributed by atoms with Gasteiger partial charge in [-0.25, -0.2) is 0 Å². The van der Waals surface area contributed by atoms with Crippen molar-refractivity contribution < 1.29 is 9.90 Å². The predicted molar refractivity (Wildman–Crippen MR) is 73.0 cm³/mol. The van der Waals surface area contributed by atoms with Crippen molar-refractivity contribution in [2.24, 2.45) is 5.92 Å². The van der Waals surface area contributed by atoms with Gasteiger partial charge in [0.2, 0.25) is 0 Å². The third kappa shape index (κ3) is 3.49. The SMILES string of the molecule is CC1CCCN(c2ccc(CCC(=O)O)cc2)C1. The van der Waals surface area contributed by atoms with E-state index in [-0.39, 0.29) is 6.42 Å². The van der Waals surface area contributed by atoms with E-state index < -0.39 is 5.97 Å². The van der Waals surface area contributed by atoms with Crippen molar-refractivity contribution in [3.05, 3.63) is 29.8 Å². The van der Waals surface area contributed by atoms with Gasteiger partial charge in [-0.05, 0) is 42.9 Å². The number of nitrogens with zero attached hydrogens (tertiary/aromatic N) is 1. The van der Waals surface area contributed by atoms with Gasteiger partial charge in [-0.3, -0.25) is 4.79 Å². The van der Waals surface area contributed by atoms with Crippen LogP contribution in [-0.4, -0.2) is 24.2 Å². The molecule has 18 heavy (non-hydrogen) atoms. The molecule has 0 radical (unpaired) electrons. The van der Waals surface area contributed by atoms with Crippen LogP contribution in [-0.2, 0) is 11.2 Å². The average Bonchev–Trinajstić information content (AvgIpc) is 2.37. The second-order valence-electron chi connectivity index (χ2n) is 5.25. The Kier molecular flexibility index (Phi) is 4.24. The van der Waals surface area contributed by atoms with Crippen LogP contribution in [0.5, 0.6) is 0 Å². The molecule has 1 fully saturated rings. The number of aryl methyl sites for hydroxylation is 1. The molecule has 0 amide bonds. The van der Waals surface area contributed by atoms with E-state index in [1.807, 2.05) is 0 Å². The Labute approximate surface area is 108 Å². The van der Waals surface area contributed by atoms with Crippen molar-refractivity contribution in [3.8, 4) is 0 Å². The second-order valence-corrected chi connectivity index (χ2v) is 5.25. The number of piperidine rings is 1. The van der Waals surface area contributed by atoms with E-state index in [0.29, 0.717) is 6.42 Å². The Morgan fingerprint density at radius 2 is 2.11 bits per heavy atom. The number of anilines is 1. The van der Waals surface area contributed by atoms with Crippen LogP contribution in [0.25, 0.3) is 0 Å². The molecule has 1 unspecified atom stereocenters. The fourth-order valence-electron chi connectivity index (χ4n) is 2.55. The maximum atomic E-state index is 10.5. The standard InChI is InChI=1S/C15H21NO2/c1-12-3-2-10-16(11-12)14-7-4-13(5-8-14)6-9-15(17)18/h4-5,7-8,12H,2-3,6,9-11H2,1H3,(H,17,18). The number of hydrogen-bond donors (Lipinski definition) is 1. The van der Waals surface area contributed by atoms with Gasteiger partial charge in [0.1, 0.15) is 0 Å². The maximum absolute atomic E-state index is 10.5. The summed E-state index contributed by atoms with van der Waals surface area (Å²) in [5.41, 5.74) is 2.37. The number of benzene rings is 1. The van der Waals surface area contributed by atoms with E-state index in [0.717, 1.165) is 24.6 Å². The number of hydrogen-bond acceptors (Lipinski definition) is 2. The van der Waals surface area contributed by atoms with Gasteiger partial charge in [0, 0.05) is 25.2 Å². The zero-order chi connectivity index (χ0) is 13.0. The highest BCUT2D eigenvalue weighted by Crippen LogP contribution is 2.23. The molecule has 1 saturated heterocycles. The van der Waals surface area contributed by atoms with Crippen LogP contribution >= 0.6 is 0 Å². The third-order valence-corrected chi connectivity index (χ3v) is 3.59. The zero-order valence-corrected chi connectivity index (χ0v) is 10.9. The topological polar surface area (TPSA) is 40.5 Å². The average molecular weight is 247 g/mol. The molecule has 3 nitrogen and oxygen atoms in total. The number of aliphatic carboxylic acids is 1. The molecule has 3 heteroatoms. The Morgan fingerprint density at radius 3 is 2.72 bits per heavy atom. The van der Waals surface area contributed by atoms with Gasteiger partial charge >= 0.3 is 5.97 Å². The molecule has 0 bridgehead atoms. The first-order chi connectivity index (χ1) is 8.65.